The summed E-state index contributed by atoms with van der Waals surface area (Å²) in [6.45, 7) is 0.395. The molecule has 1 fully saturated rings. The molecule has 17 heavy (non-hydrogen) atoms. The van der Waals surface area contributed by atoms with E-state index in [0.717, 1.165) is 18.3 Å². The van der Waals surface area contributed by atoms with E-state index in [0.29, 0.717) is 11.4 Å². The molecule has 2 rings (SSSR count). The Hall–Kier alpha value is -0.845. The molecule has 1 aromatic rings. The van der Waals surface area contributed by atoms with E-state index in [1.807, 2.05) is 7.85 Å². The van der Waals surface area contributed by atoms with Crippen LogP contribution < -0.4 is 5.46 Å². The van der Waals surface area contributed by atoms with Gasteiger partial charge in [-0.05, 0) is 25.0 Å². The molecule has 1 N–H and O–H groups in total. The molecule has 1 aromatic carbocycles. The lowest BCUT2D eigenvalue weighted by molar-refractivity contribution is 0.213. The molecular formula is C11H16BNO3S. The average Bonchev–Trinajstić information content (AvgIpc) is 2.78. The number of benzene rings is 1. The molecule has 0 spiro atoms. The molecule has 0 radical (unpaired) electrons. The number of nitrogens with zero attached hydrogens (tertiary/aromatic N) is 1. The van der Waals surface area contributed by atoms with E-state index in [1.54, 1.807) is 24.3 Å². The van der Waals surface area contributed by atoms with E-state index in [4.69, 9.17) is 0 Å². The summed E-state index contributed by atoms with van der Waals surface area (Å²) in [6, 6.07) is 6.56. The monoisotopic (exact) mass is 253 g/mol. The average molecular weight is 253 g/mol. The second-order valence-electron chi connectivity index (χ2n) is 4.41. The topological polar surface area (TPSA) is 57.6 Å². The van der Waals surface area contributed by atoms with E-state index in [9.17, 15) is 13.5 Å². The maximum absolute atomic E-state index is 12.3. The first-order valence-corrected chi connectivity index (χ1v) is 7.19. The van der Waals surface area contributed by atoms with Crippen LogP contribution in [-0.2, 0) is 10.0 Å². The minimum absolute atomic E-state index is 0.106. The zero-order valence-corrected chi connectivity index (χ0v) is 10.7. The summed E-state index contributed by atoms with van der Waals surface area (Å²) in [4.78, 5) is 0.309. The van der Waals surface area contributed by atoms with Crippen molar-refractivity contribution >= 4 is 23.3 Å². The summed E-state index contributed by atoms with van der Waals surface area (Å²) >= 11 is 0. The van der Waals surface area contributed by atoms with Crippen molar-refractivity contribution in [2.24, 2.45) is 0 Å². The largest absolute Gasteiger partial charge is 0.395 e. The minimum atomic E-state index is -3.44. The Morgan fingerprint density at radius 2 is 2.00 bits per heavy atom. The lowest BCUT2D eigenvalue weighted by atomic mass is 9.97. The highest BCUT2D eigenvalue weighted by Crippen LogP contribution is 2.25. The predicted molar refractivity (Wildman–Crippen MR) is 68.6 cm³/mol. The lowest BCUT2D eigenvalue weighted by Crippen LogP contribution is -2.37. The molecule has 1 saturated heterocycles. The summed E-state index contributed by atoms with van der Waals surface area (Å²) in [5, 5.41) is 9.18. The molecule has 0 amide bonds. The number of rotatable bonds is 3. The van der Waals surface area contributed by atoms with Crippen LogP contribution in [0.15, 0.2) is 29.2 Å². The Bertz CT molecular complexity index is 486. The van der Waals surface area contributed by atoms with Crippen LogP contribution in [0.2, 0.25) is 0 Å². The smallest absolute Gasteiger partial charge is 0.243 e. The molecule has 4 nitrogen and oxygen atoms in total. The van der Waals surface area contributed by atoms with Gasteiger partial charge in [-0.2, -0.15) is 4.31 Å². The van der Waals surface area contributed by atoms with Gasteiger partial charge in [0.05, 0.1) is 11.5 Å². The Labute approximate surface area is 103 Å². The van der Waals surface area contributed by atoms with Crippen LogP contribution in [0.5, 0.6) is 0 Å². The lowest BCUT2D eigenvalue weighted by Gasteiger charge is -2.22. The van der Waals surface area contributed by atoms with Gasteiger partial charge in [0.25, 0.3) is 0 Å². The molecule has 92 valence electrons. The zero-order chi connectivity index (χ0) is 12.5. The summed E-state index contributed by atoms with van der Waals surface area (Å²) in [5.41, 5.74) is 1.03. The summed E-state index contributed by atoms with van der Waals surface area (Å²) in [6.07, 6.45) is 1.55. The normalized spacial score (nSPS) is 21.8. The Morgan fingerprint density at radius 3 is 2.59 bits per heavy atom. The summed E-state index contributed by atoms with van der Waals surface area (Å²) < 4.78 is 26.1. The SMILES string of the molecule is Bc1ccc(S(=O)(=O)N2CCC[C@@H]2CO)cc1. The molecule has 0 unspecified atom stereocenters. The van der Waals surface area contributed by atoms with E-state index in [2.05, 4.69) is 0 Å². The third kappa shape index (κ3) is 2.39. The first-order valence-electron chi connectivity index (χ1n) is 5.75. The van der Waals surface area contributed by atoms with Crippen molar-refractivity contribution in [2.75, 3.05) is 13.2 Å². The molecule has 0 aliphatic carbocycles. The van der Waals surface area contributed by atoms with Crippen molar-refractivity contribution in [1.82, 2.24) is 4.31 Å². The Balaban J connectivity index is 2.33. The molecule has 0 saturated carbocycles. The van der Waals surface area contributed by atoms with Crippen molar-refractivity contribution in [1.29, 1.82) is 0 Å². The third-order valence-corrected chi connectivity index (χ3v) is 5.13. The highest BCUT2D eigenvalue weighted by atomic mass is 32.2. The minimum Gasteiger partial charge on any atom is -0.395 e. The van der Waals surface area contributed by atoms with Crippen molar-refractivity contribution in [3.05, 3.63) is 24.3 Å². The van der Waals surface area contributed by atoms with Crippen molar-refractivity contribution < 1.29 is 13.5 Å². The quantitative estimate of drug-likeness (QED) is 0.709. The molecule has 6 heteroatoms. The highest BCUT2D eigenvalue weighted by Gasteiger charge is 2.34. The third-order valence-electron chi connectivity index (χ3n) is 3.16. The molecule has 1 atom stereocenters. The maximum atomic E-state index is 12.3. The van der Waals surface area contributed by atoms with E-state index < -0.39 is 10.0 Å². The van der Waals surface area contributed by atoms with Crippen LogP contribution in [-0.4, -0.2) is 44.9 Å². The van der Waals surface area contributed by atoms with Crippen LogP contribution in [0.4, 0.5) is 0 Å². The molecule has 0 bridgehead atoms. The van der Waals surface area contributed by atoms with Gasteiger partial charge in [-0.25, -0.2) is 8.42 Å². The van der Waals surface area contributed by atoms with Gasteiger partial charge < -0.3 is 5.11 Å². The van der Waals surface area contributed by atoms with Crippen LogP contribution in [0.1, 0.15) is 12.8 Å². The van der Waals surface area contributed by atoms with Crippen molar-refractivity contribution in [3.63, 3.8) is 0 Å². The summed E-state index contributed by atoms with van der Waals surface area (Å²) in [7, 11) is -1.52. The van der Waals surface area contributed by atoms with E-state index >= 15 is 0 Å². The Morgan fingerprint density at radius 1 is 1.35 bits per heavy atom. The van der Waals surface area contributed by atoms with Crippen LogP contribution in [0.3, 0.4) is 0 Å². The number of sulfonamides is 1. The van der Waals surface area contributed by atoms with Gasteiger partial charge in [0.2, 0.25) is 10.0 Å². The fourth-order valence-corrected chi connectivity index (χ4v) is 3.84. The fraction of sp³-hybridized carbons (Fsp3) is 0.455. The molecule has 1 aliphatic heterocycles. The van der Waals surface area contributed by atoms with Gasteiger partial charge in [0.15, 0.2) is 0 Å². The molecule has 0 aromatic heterocycles. The standard InChI is InChI=1S/C11H16BNO3S/c12-9-3-5-11(6-4-9)17(15,16)13-7-1-2-10(13)8-14/h3-6,10,14H,1-2,7-8,12H2/t10-/m1/s1. The molecule has 1 heterocycles. The second-order valence-corrected chi connectivity index (χ2v) is 6.30. The van der Waals surface area contributed by atoms with Gasteiger partial charge in [-0.1, -0.05) is 17.6 Å². The fourth-order valence-electron chi connectivity index (χ4n) is 2.15. The van der Waals surface area contributed by atoms with Gasteiger partial charge in [0.1, 0.15) is 7.85 Å². The number of hydrogen-bond donors (Lipinski definition) is 1. The number of aliphatic hydroxyl groups excluding tert-OH is 1. The van der Waals surface area contributed by atoms with E-state index in [-0.39, 0.29) is 12.6 Å². The highest BCUT2D eigenvalue weighted by molar-refractivity contribution is 7.89. The predicted octanol–water partition coefficient (Wildman–Crippen LogP) is -0.910. The van der Waals surface area contributed by atoms with E-state index in [1.165, 1.54) is 4.31 Å². The van der Waals surface area contributed by atoms with Gasteiger partial charge >= 0.3 is 0 Å². The molecule has 1 aliphatic rings. The first-order chi connectivity index (χ1) is 8.05. The van der Waals surface area contributed by atoms with Gasteiger partial charge in [0, 0.05) is 12.6 Å². The second kappa shape index (κ2) is 4.80. The van der Waals surface area contributed by atoms with Gasteiger partial charge in [-0.3, -0.25) is 0 Å². The van der Waals surface area contributed by atoms with Crippen molar-refractivity contribution in [2.45, 2.75) is 23.8 Å². The zero-order valence-electron chi connectivity index (χ0n) is 9.83. The molecular weight excluding hydrogens is 237 g/mol. The number of hydrogen-bond acceptors (Lipinski definition) is 3. The van der Waals surface area contributed by atoms with Crippen LogP contribution >= 0.6 is 0 Å². The number of aliphatic hydroxyl groups is 1. The summed E-state index contributed by atoms with van der Waals surface area (Å²) in [5.74, 6) is 0. The van der Waals surface area contributed by atoms with Crippen LogP contribution in [0.25, 0.3) is 0 Å². The van der Waals surface area contributed by atoms with Crippen LogP contribution in [0, 0.1) is 0 Å². The maximum Gasteiger partial charge on any atom is 0.243 e. The first kappa shape index (κ1) is 12.6. The van der Waals surface area contributed by atoms with Crippen molar-refractivity contribution in [3.8, 4) is 0 Å². The Kier molecular flexibility index (Phi) is 3.56. The van der Waals surface area contributed by atoms with Gasteiger partial charge in [-0.15, -0.1) is 0 Å².